The van der Waals surface area contributed by atoms with E-state index in [1.807, 2.05) is 20.2 Å². The number of carbonyl (C=O) groups excluding carboxylic acids is 2. The monoisotopic (exact) mass is 349 g/mol. The third-order valence-electron chi connectivity index (χ3n) is 3.96. The SMILES string of the molecule is CCOC(=O)N1CCN(C(=O)c2cc(NCCN(C)C)ccn2)CC1. The Morgan fingerprint density at radius 2 is 1.92 bits per heavy atom. The largest absolute Gasteiger partial charge is 0.450 e. The van der Waals surface area contributed by atoms with Crippen LogP contribution < -0.4 is 5.32 Å². The summed E-state index contributed by atoms with van der Waals surface area (Å²) in [6.45, 7) is 5.76. The Labute approximate surface area is 148 Å². The summed E-state index contributed by atoms with van der Waals surface area (Å²) in [6, 6.07) is 3.63. The first-order chi connectivity index (χ1) is 12.0. The highest BCUT2D eigenvalue weighted by Gasteiger charge is 2.26. The summed E-state index contributed by atoms with van der Waals surface area (Å²) in [5, 5.41) is 3.29. The number of hydrogen-bond acceptors (Lipinski definition) is 6. The van der Waals surface area contributed by atoms with Crippen molar-refractivity contribution >= 4 is 17.7 Å². The van der Waals surface area contributed by atoms with E-state index in [-0.39, 0.29) is 12.0 Å². The molecule has 1 aliphatic rings. The van der Waals surface area contributed by atoms with Gasteiger partial charge in [-0.25, -0.2) is 4.79 Å². The number of rotatable bonds is 6. The molecule has 2 amide bonds. The molecular weight excluding hydrogens is 322 g/mol. The van der Waals surface area contributed by atoms with Crippen molar-refractivity contribution < 1.29 is 14.3 Å². The minimum Gasteiger partial charge on any atom is -0.450 e. The second kappa shape index (κ2) is 9.22. The van der Waals surface area contributed by atoms with Crippen LogP contribution in [0.4, 0.5) is 10.5 Å². The van der Waals surface area contributed by atoms with Crippen LogP contribution in [0.5, 0.6) is 0 Å². The van der Waals surface area contributed by atoms with Crippen molar-refractivity contribution in [3.8, 4) is 0 Å². The van der Waals surface area contributed by atoms with Gasteiger partial charge in [0.2, 0.25) is 0 Å². The molecule has 2 rings (SSSR count). The van der Waals surface area contributed by atoms with Crippen LogP contribution >= 0.6 is 0 Å². The van der Waals surface area contributed by atoms with E-state index in [0.717, 1.165) is 18.8 Å². The first kappa shape index (κ1) is 19.0. The third-order valence-corrected chi connectivity index (χ3v) is 3.96. The molecule has 1 fully saturated rings. The number of carbonyl (C=O) groups is 2. The molecule has 8 nitrogen and oxygen atoms in total. The van der Waals surface area contributed by atoms with E-state index in [9.17, 15) is 9.59 Å². The van der Waals surface area contributed by atoms with E-state index in [0.29, 0.717) is 38.5 Å². The Morgan fingerprint density at radius 1 is 1.24 bits per heavy atom. The van der Waals surface area contributed by atoms with Gasteiger partial charge in [-0.3, -0.25) is 9.78 Å². The quantitative estimate of drug-likeness (QED) is 0.825. The van der Waals surface area contributed by atoms with Crippen LogP contribution in [0.3, 0.4) is 0 Å². The summed E-state index contributed by atoms with van der Waals surface area (Å²) in [4.78, 5) is 34.0. The van der Waals surface area contributed by atoms with E-state index >= 15 is 0 Å². The van der Waals surface area contributed by atoms with Gasteiger partial charge in [0.1, 0.15) is 5.69 Å². The average molecular weight is 349 g/mol. The predicted molar refractivity (Wildman–Crippen MR) is 95.8 cm³/mol. The average Bonchev–Trinajstić information content (AvgIpc) is 2.61. The van der Waals surface area contributed by atoms with E-state index in [1.165, 1.54) is 0 Å². The predicted octanol–water partition coefficient (Wildman–Crippen LogP) is 0.969. The lowest BCUT2D eigenvalue weighted by Crippen LogP contribution is -2.50. The molecule has 0 bridgehead atoms. The van der Waals surface area contributed by atoms with Gasteiger partial charge < -0.3 is 24.8 Å². The van der Waals surface area contributed by atoms with E-state index in [1.54, 1.807) is 29.0 Å². The topological polar surface area (TPSA) is 78.0 Å². The Morgan fingerprint density at radius 3 is 2.56 bits per heavy atom. The molecule has 1 aliphatic heterocycles. The summed E-state index contributed by atoms with van der Waals surface area (Å²) in [5.41, 5.74) is 1.30. The minimum atomic E-state index is -0.320. The van der Waals surface area contributed by atoms with Crippen molar-refractivity contribution in [3.05, 3.63) is 24.0 Å². The zero-order chi connectivity index (χ0) is 18.2. The Bertz CT molecular complexity index is 585. The number of pyridine rings is 1. The molecule has 0 spiro atoms. The fourth-order valence-electron chi connectivity index (χ4n) is 2.55. The lowest BCUT2D eigenvalue weighted by molar-refractivity contribution is 0.0566. The van der Waals surface area contributed by atoms with Crippen molar-refractivity contribution in [3.63, 3.8) is 0 Å². The molecule has 1 N–H and O–H groups in total. The molecule has 1 aromatic heterocycles. The Hall–Kier alpha value is -2.35. The summed E-state index contributed by atoms with van der Waals surface area (Å²) in [5.74, 6) is -0.111. The third kappa shape index (κ3) is 5.60. The number of piperazine rings is 1. The van der Waals surface area contributed by atoms with Crippen molar-refractivity contribution in [2.75, 3.05) is 65.3 Å². The first-order valence-electron chi connectivity index (χ1n) is 8.57. The van der Waals surface area contributed by atoms with Gasteiger partial charge in [0, 0.05) is 51.2 Å². The fraction of sp³-hybridized carbons (Fsp3) is 0.588. The van der Waals surface area contributed by atoms with Crippen LogP contribution in [-0.2, 0) is 4.74 Å². The fourth-order valence-corrected chi connectivity index (χ4v) is 2.55. The lowest BCUT2D eigenvalue weighted by Gasteiger charge is -2.33. The number of nitrogens with zero attached hydrogens (tertiary/aromatic N) is 4. The molecule has 0 saturated carbocycles. The maximum atomic E-state index is 12.6. The van der Waals surface area contributed by atoms with Gasteiger partial charge in [-0.05, 0) is 33.2 Å². The molecule has 0 aromatic carbocycles. The molecule has 0 aliphatic carbocycles. The van der Waals surface area contributed by atoms with Gasteiger partial charge in [0.25, 0.3) is 5.91 Å². The van der Waals surface area contributed by atoms with Crippen LogP contribution in [0.2, 0.25) is 0 Å². The second-order valence-corrected chi connectivity index (χ2v) is 6.14. The van der Waals surface area contributed by atoms with Crippen LogP contribution in [0.15, 0.2) is 18.3 Å². The molecule has 2 heterocycles. The molecule has 138 valence electrons. The number of anilines is 1. The number of amides is 2. The van der Waals surface area contributed by atoms with Gasteiger partial charge >= 0.3 is 6.09 Å². The summed E-state index contributed by atoms with van der Waals surface area (Å²) in [6.07, 6.45) is 1.32. The first-order valence-corrected chi connectivity index (χ1v) is 8.57. The van der Waals surface area contributed by atoms with Gasteiger partial charge in [-0.2, -0.15) is 0 Å². The van der Waals surface area contributed by atoms with Crippen LogP contribution in [-0.4, -0.2) is 91.7 Å². The molecule has 8 heteroatoms. The summed E-state index contributed by atoms with van der Waals surface area (Å²) in [7, 11) is 4.03. The molecule has 25 heavy (non-hydrogen) atoms. The smallest absolute Gasteiger partial charge is 0.409 e. The van der Waals surface area contributed by atoms with E-state index in [2.05, 4.69) is 15.2 Å². The van der Waals surface area contributed by atoms with Gasteiger partial charge in [0.05, 0.1) is 6.61 Å². The summed E-state index contributed by atoms with van der Waals surface area (Å²) >= 11 is 0. The van der Waals surface area contributed by atoms with Crippen molar-refractivity contribution in [1.82, 2.24) is 19.7 Å². The highest BCUT2D eigenvalue weighted by atomic mass is 16.6. The minimum absolute atomic E-state index is 0.111. The van der Waals surface area contributed by atoms with Crippen molar-refractivity contribution in [1.29, 1.82) is 0 Å². The molecule has 1 aromatic rings. The Kier molecular flexibility index (Phi) is 7.00. The standard InChI is InChI=1S/C17H27N5O3/c1-4-25-17(24)22-11-9-21(10-12-22)16(23)15-13-14(5-6-19-15)18-7-8-20(2)3/h5-6,13H,4,7-12H2,1-3H3,(H,18,19). The molecule has 0 unspecified atom stereocenters. The second-order valence-electron chi connectivity index (χ2n) is 6.14. The van der Waals surface area contributed by atoms with Crippen molar-refractivity contribution in [2.24, 2.45) is 0 Å². The number of ether oxygens (including phenoxy) is 1. The molecule has 0 atom stereocenters. The number of aromatic nitrogens is 1. The number of likely N-dealkylation sites (N-methyl/N-ethyl adjacent to an activating group) is 1. The molecular formula is C17H27N5O3. The van der Waals surface area contributed by atoms with Crippen LogP contribution in [0.25, 0.3) is 0 Å². The van der Waals surface area contributed by atoms with Gasteiger partial charge in [-0.1, -0.05) is 0 Å². The van der Waals surface area contributed by atoms with Gasteiger partial charge in [-0.15, -0.1) is 0 Å². The van der Waals surface area contributed by atoms with E-state index < -0.39 is 0 Å². The maximum absolute atomic E-state index is 12.6. The van der Waals surface area contributed by atoms with Gasteiger partial charge in [0.15, 0.2) is 0 Å². The zero-order valence-corrected chi connectivity index (χ0v) is 15.2. The zero-order valence-electron chi connectivity index (χ0n) is 15.2. The highest BCUT2D eigenvalue weighted by molar-refractivity contribution is 5.93. The van der Waals surface area contributed by atoms with Crippen molar-refractivity contribution in [2.45, 2.75) is 6.92 Å². The van der Waals surface area contributed by atoms with Crippen LogP contribution in [0, 0.1) is 0 Å². The highest BCUT2D eigenvalue weighted by Crippen LogP contribution is 2.12. The summed E-state index contributed by atoms with van der Waals surface area (Å²) < 4.78 is 4.99. The molecule has 1 saturated heterocycles. The normalized spacial score (nSPS) is 14.6. The van der Waals surface area contributed by atoms with E-state index in [4.69, 9.17) is 4.74 Å². The van der Waals surface area contributed by atoms with Crippen LogP contribution in [0.1, 0.15) is 17.4 Å². The maximum Gasteiger partial charge on any atom is 0.409 e. The molecule has 0 radical (unpaired) electrons. The Balaban J connectivity index is 1.89. The number of nitrogens with one attached hydrogen (secondary N) is 1. The number of hydrogen-bond donors (Lipinski definition) is 1. The lowest BCUT2D eigenvalue weighted by atomic mass is 10.2.